The van der Waals surface area contributed by atoms with Gasteiger partial charge in [-0.05, 0) is 57.8 Å². The number of aromatic nitrogens is 3. The Kier molecular flexibility index (Phi) is 4.99. The van der Waals surface area contributed by atoms with Gasteiger partial charge in [-0.25, -0.2) is 9.97 Å². The number of para-hydroxylation sites is 1. The molecule has 5 aromatic carbocycles. The number of nitrogens with zero attached hydrogens (tertiary/aromatic N) is 3. The van der Waals surface area contributed by atoms with Crippen molar-refractivity contribution in [3.63, 3.8) is 0 Å². The molecular weight excluding hydrogens is 555 g/mol. The average molecular weight is 580 g/mol. The fourth-order valence-corrected chi connectivity index (χ4v) is 8.20. The van der Waals surface area contributed by atoms with Crippen LogP contribution < -0.4 is 10.6 Å². The number of hydrogen-bond donors (Lipinski definition) is 0. The predicted molar refractivity (Wildman–Crippen MR) is 186 cm³/mol. The van der Waals surface area contributed by atoms with Crippen molar-refractivity contribution >= 4 is 76.4 Å². The standard InChI is InChI=1S/C40H25N3S/c1-2-11-27-23-35-33(21-26(27)10-1)30-13-5-7-15-34(30)43(35)39-37(42-40-38(41-39)31-14-6-8-16-36(31)44-40)28-20-19-25-18-17-24-9-3-4-12-29(24)32(25)22-28/h1-10,12-23,27H,11H2. The number of thiophene rings is 1. The molecule has 10 rings (SSSR count). The summed E-state index contributed by atoms with van der Waals surface area (Å²) in [6.45, 7) is 0. The average Bonchev–Trinajstić information content (AvgIpc) is 3.61. The first-order valence-corrected chi connectivity index (χ1v) is 15.9. The van der Waals surface area contributed by atoms with Crippen LogP contribution in [0, 0.1) is 5.92 Å². The minimum absolute atomic E-state index is 0.352. The van der Waals surface area contributed by atoms with Crippen molar-refractivity contribution in [1.82, 2.24) is 14.5 Å². The van der Waals surface area contributed by atoms with Crippen LogP contribution in [0.2, 0.25) is 0 Å². The lowest BCUT2D eigenvalue weighted by Gasteiger charge is -2.19. The van der Waals surface area contributed by atoms with Crippen LogP contribution in [-0.4, -0.2) is 14.5 Å². The maximum absolute atomic E-state index is 5.54. The summed E-state index contributed by atoms with van der Waals surface area (Å²) in [4.78, 5) is 12.0. The highest BCUT2D eigenvalue weighted by molar-refractivity contribution is 7.25. The molecule has 0 radical (unpaired) electrons. The molecule has 0 amide bonds. The highest BCUT2D eigenvalue weighted by Crippen LogP contribution is 2.37. The summed E-state index contributed by atoms with van der Waals surface area (Å²) >= 11 is 1.72. The van der Waals surface area contributed by atoms with Gasteiger partial charge in [-0.3, -0.25) is 4.57 Å². The number of allylic oxidation sites excluding steroid dienone is 4. The molecule has 3 aromatic heterocycles. The number of benzene rings is 5. The zero-order chi connectivity index (χ0) is 28.8. The number of rotatable bonds is 2. The molecule has 0 saturated carbocycles. The first-order valence-electron chi connectivity index (χ1n) is 15.1. The fourth-order valence-electron chi connectivity index (χ4n) is 7.18. The van der Waals surface area contributed by atoms with Crippen LogP contribution >= 0.6 is 11.3 Å². The smallest absolute Gasteiger partial charge is 0.165 e. The monoisotopic (exact) mass is 579 g/mol. The number of hydrogen-bond acceptors (Lipinski definition) is 3. The van der Waals surface area contributed by atoms with Crippen molar-refractivity contribution in [3.05, 3.63) is 137 Å². The first-order chi connectivity index (χ1) is 21.8. The molecule has 0 spiro atoms. The highest BCUT2D eigenvalue weighted by atomic mass is 32.1. The molecule has 0 saturated heterocycles. The Bertz CT molecular complexity index is 2700. The van der Waals surface area contributed by atoms with Gasteiger partial charge >= 0.3 is 0 Å². The molecule has 1 unspecified atom stereocenters. The minimum Gasteiger partial charge on any atom is -0.292 e. The molecular formula is C40H25N3S. The number of fused-ring (bicyclic) bond motifs is 10. The van der Waals surface area contributed by atoms with E-state index in [1.807, 2.05) is 0 Å². The molecule has 0 aliphatic heterocycles. The van der Waals surface area contributed by atoms with Crippen molar-refractivity contribution < 1.29 is 0 Å². The van der Waals surface area contributed by atoms with Crippen molar-refractivity contribution in [3.8, 4) is 17.1 Å². The SMILES string of the molecule is C1=CCC2C=c3c(c4ccccc4n3-c3nc4c(nc3-c3ccc5ccc6ccccc6c5c3)sc3ccccc34)=CC2=C1. The van der Waals surface area contributed by atoms with Gasteiger partial charge in [-0.2, -0.15) is 0 Å². The lowest BCUT2D eigenvalue weighted by atomic mass is 9.87. The van der Waals surface area contributed by atoms with Crippen molar-refractivity contribution in [2.45, 2.75) is 6.42 Å². The maximum atomic E-state index is 5.54. The highest BCUT2D eigenvalue weighted by Gasteiger charge is 2.23. The second kappa shape index (κ2) is 9.09. The van der Waals surface area contributed by atoms with Crippen LogP contribution in [-0.2, 0) is 0 Å². The predicted octanol–water partition coefficient (Wildman–Crippen LogP) is 8.84. The molecule has 2 aliphatic rings. The molecule has 3 heterocycles. The second-order valence-corrected chi connectivity index (χ2v) is 12.8. The van der Waals surface area contributed by atoms with E-state index >= 15 is 0 Å². The summed E-state index contributed by atoms with van der Waals surface area (Å²) in [7, 11) is 0. The van der Waals surface area contributed by atoms with Crippen LogP contribution in [0.25, 0.3) is 82.1 Å². The van der Waals surface area contributed by atoms with Crippen LogP contribution in [0.1, 0.15) is 6.42 Å². The van der Waals surface area contributed by atoms with Crippen molar-refractivity contribution in [2.24, 2.45) is 5.92 Å². The van der Waals surface area contributed by atoms with E-state index in [0.717, 1.165) is 44.7 Å². The molecule has 0 N–H and O–H groups in total. The summed E-state index contributed by atoms with van der Waals surface area (Å²) in [5, 5.41) is 9.79. The van der Waals surface area contributed by atoms with Gasteiger partial charge in [-0.1, -0.05) is 109 Å². The lowest BCUT2D eigenvalue weighted by Crippen LogP contribution is -2.34. The quantitative estimate of drug-likeness (QED) is 0.192. The largest absolute Gasteiger partial charge is 0.292 e. The third-order valence-corrected chi connectivity index (χ3v) is 10.3. The Balaban J connectivity index is 1.35. The third kappa shape index (κ3) is 3.43. The lowest BCUT2D eigenvalue weighted by molar-refractivity contribution is 0.820. The van der Waals surface area contributed by atoms with Crippen molar-refractivity contribution in [2.75, 3.05) is 0 Å². The molecule has 44 heavy (non-hydrogen) atoms. The van der Waals surface area contributed by atoms with Crippen molar-refractivity contribution in [1.29, 1.82) is 0 Å². The summed E-state index contributed by atoms with van der Waals surface area (Å²) in [6.07, 6.45) is 12.5. The van der Waals surface area contributed by atoms with E-state index in [0.29, 0.717) is 5.92 Å². The molecule has 4 heteroatoms. The fraction of sp³-hybridized carbons (Fsp3) is 0.0500. The van der Waals surface area contributed by atoms with Gasteiger partial charge in [0.25, 0.3) is 0 Å². The Hall–Kier alpha value is -5.32. The van der Waals surface area contributed by atoms with E-state index in [-0.39, 0.29) is 0 Å². The minimum atomic E-state index is 0.352. The Labute approximate surface area is 257 Å². The summed E-state index contributed by atoms with van der Waals surface area (Å²) in [5.74, 6) is 1.23. The van der Waals surface area contributed by atoms with Gasteiger partial charge in [0.2, 0.25) is 0 Å². The molecule has 3 nitrogen and oxygen atoms in total. The van der Waals surface area contributed by atoms with E-state index in [2.05, 4.69) is 138 Å². The molecule has 206 valence electrons. The zero-order valence-electron chi connectivity index (χ0n) is 23.7. The second-order valence-electron chi connectivity index (χ2n) is 11.8. The van der Waals surface area contributed by atoms with Gasteiger partial charge in [0.1, 0.15) is 16.0 Å². The van der Waals surface area contributed by atoms with Gasteiger partial charge in [0, 0.05) is 32.2 Å². The first kappa shape index (κ1) is 24.2. The van der Waals surface area contributed by atoms with E-state index in [1.54, 1.807) is 11.3 Å². The van der Waals surface area contributed by atoms with Crippen LogP contribution in [0.15, 0.2) is 127 Å². The van der Waals surface area contributed by atoms with Gasteiger partial charge in [0.15, 0.2) is 5.82 Å². The van der Waals surface area contributed by atoms with Gasteiger partial charge in [0.05, 0.1) is 10.9 Å². The van der Waals surface area contributed by atoms with E-state index in [1.165, 1.54) is 47.8 Å². The van der Waals surface area contributed by atoms with E-state index in [4.69, 9.17) is 9.97 Å². The van der Waals surface area contributed by atoms with Gasteiger partial charge in [-0.15, -0.1) is 11.3 Å². The normalized spacial score (nSPS) is 15.8. The summed E-state index contributed by atoms with van der Waals surface area (Å²) in [5.41, 5.74) is 5.46. The van der Waals surface area contributed by atoms with Gasteiger partial charge < -0.3 is 0 Å². The van der Waals surface area contributed by atoms with E-state index in [9.17, 15) is 0 Å². The molecule has 0 fully saturated rings. The molecule has 8 aromatic rings. The summed E-state index contributed by atoms with van der Waals surface area (Å²) in [6, 6.07) is 37.1. The topological polar surface area (TPSA) is 30.7 Å². The Morgan fingerprint density at radius 1 is 0.727 bits per heavy atom. The molecule has 1 atom stereocenters. The Morgan fingerprint density at radius 2 is 1.50 bits per heavy atom. The molecule has 0 bridgehead atoms. The van der Waals surface area contributed by atoms with Crippen LogP contribution in [0.5, 0.6) is 0 Å². The van der Waals surface area contributed by atoms with Crippen LogP contribution in [0.4, 0.5) is 0 Å². The zero-order valence-corrected chi connectivity index (χ0v) is 24.6. The van der Waals surface area contributed by atoms with E-state index < -0.39 is 0 Å². The Morgan fingerprint density at radius 3 is 2.43 bits per heavy atom. The van der Waals surface area contributed by atoms with Crippen LogP contribution in [0.3, 0.4) is 0 Å². The third-order valence-electron chi connectivity index (χ3n) is 9.29. The summed E-state index contributed by atoms with van der Waals surface area (Å²) < 4.78 is 3.58. The molecule has 2 aliphatic carbocycles. The maximum Gasteiger partial charge on any atom is 0.165 e.